The summed E-state index contributed by atoms with van der Waals surface area (Å²) in [5.41, 5.74) is 0. The lowest BCUT2D eigenvalue weighted by Crippen LogP contribution is -2.42. The second-order valence-corrected chi connectivity index (χ2v) is 7.08. The molecule has 114 valence electrons. The predicted molar refractivity (Wildman–Crippen MR) is 81.6 cm³/mol. The zero-order valence-electron chi connectivity index (χ0n) is 12.8. The van der Waals surface area contributed by atoms with Crippen molar-refractivity contribution in [1.29, 1.82) is 0 Å². The first-order chi connectivity index (χ1) is 9.84. The lowest BCUT2D eigenvalue weighted by Gasteiger charge is -2.28. The predicted octanol–water partition coefficient (Wildman–Crippen LogP) is 3.09. The lowest BCUT2D eigenvalue weighted by atomic mass is 9.86. The molecular weight excluding hydrogens is 248 g/mol. The monoisotopic (exact) mass is 278 g/mol. The van der Waals surface area contributed by atoms with Crippen LogP contribution < -0.4 is 5.32 Å². The Hall–Kier alpha value is -0.570. The Bertz CT molecular complexity index is 311. The largest absolute Gasteiger partial charge is 0.335 e. The van der Waals surface area contributed by atoms with Crippen LogP contribution in [0.5, 0.6) is 0 Å². The number of nitrogens with one attached hydrogen (secondary N) is 1. The third-order valence-electron chi connectivity index (χ3n) is 5.67. The zero-order valence-corrected chi connectivity index (χ0v) is 12.8. The molecule has 1 aliphatic carbocycles. The van der Waals surface area contributed by atoms with E-state index in [1.165, 1.54) is 51.4 Å². The number of fused-ring (bicyclic) bond motifs is 2. The van der Waals surface area contributed by atoms with Gasteiger partial charge in [0, 0.05) is 25.0 Å². The maximum atomic E-state index is 12.6. The van der Waals surface area contributed by atoms with Crippen molar-refractivity contribution in [1.82, 2.24) is 10.2 Å². The fraction of sp³-hybridized carbons (Fsp3) is 0.941. The number of nitrogens with zero attached hydrogens (tertiary/aromatic N) is 1. The smallest absolute Gasteiger partial charge is 0.223 e. The van der Waals surface area contributed by atoms with Crippen LogP contribution in [0.3, 0.4) is 0 Å². The Morgan fingerprint density at radius 1 is 1.00 bits per heavy atom. The van der Waals surface area contributed by atoms with E-state index in [2.05, 4.69) is 10.2 Å². The van der Waals surface area contributed by atoms with Crippen LogP contribution in [-0.2, 0) is 4.79 Å². The van der Waals surface area contributed by atoms with Crippen LogP contribution >= 0.6 is 0 Å². The fourth-order valence-corrected chi connectivity index (χ4v) is 4.54. The molecule has 0 aromatic heterocycles. The average Bonchev–Trinajstić information content (AvgIpc) is 2.73. The van der Waals surface area contributed by atoms with Crippen molar-refractivity contribution in [3.63, 3.8) is 0 Å². The van der Waals surface area contributed by atoms with Gasteiger partial charge in [-0.3, -0.25) is 4.79 Å². The number of rotatable bonds is 4. The van der Waals surface area contributed by atoms with Crippen LogP contribution in [0.15, 0.2) is 0 Å². The summed E-state index contributed by atoms with van der Waals surface area (Å²) in [6.45, 7) is 2.11. The normalized spacial score (nSPS) is 31.3. The minimum atomic E-state index is 0.442. The highest BCUT2D eigenvalue weighted by atomic mass is 16.2. The van der Waals surface area contributed by atoms with E-state index >= 15 is 0 Å². The Balaban J connectivity index is 1.44. The fourth-order valence-electron chi connectivity index (χ4n) is 4.54. The summed E-state index contributed by atoms with van der Waals surface area (Å²) >= 11 is 0. The van der Waals surface area contributed by atoms with E-state index in [0.717, 1.165) is 38.3 Å². The molecule has 0 aromatic carbocycles. The minimum Gasteiger partial charge on any atom is -0.335 e. The third kappa shape index (κ3) is 3.36. The molecule has 3 nitrogen and oxygen atoms in total. The molecule has 20 heavy (non-hydrogen) atoms. The molecule has 3 rings (SSSR count). The molecule has 3 aliphatic rings. The van der Waals surface area contributed by atoms with Gasteiger partial charge in [-0.15, -0.1) is 0 Å². The number of hydrogen-bond acceptors (Lipinski definition) is 2. The molecule has 3 fully saturated rings. The topological polar surface area (TPSA) is 32.3 Å². The van der Waals surface area contributed by atoms with Crippen LogP contribution in [0, 0.1) is 5.92 Å². The highest BCUT2D eigenvalue weighted by Crippen LogP contribution is 2.30. The van der Waals surface area contributed by atoms with Gasteiger partial charge in [0.1, 0.15) is 0 Å². The molecule has 2 atom stereocenters. The molecule has 2 unspecified atom stereocenters. The third-order valence-corrected chi connectivity index (χ3v) is 5.67. The first kappa shape index (κ1) is 14.4. The summed E-state index contributed by atoms with van der Waals surface area (Å²) in [4.78, 5) is 14.8. The molecule has 2 bridgehead atoms. The van der Waals surface area contributed by atoms with Gasteiger partial charge in [0.05, 0.1) is 0 Å². The molecule has 2 saturated heterocycles. The van der Waals surface area contributed by atoms with Gasteiger partial charge in [0.25, 0.3) is 0 Å². The Morgan fingerprint density at radius 3 is 2.65 bits per heavy atom. The van der Waals surface area contributed by atoms with Gasteiger partial charge in [-0.1, -0.05) is 32.1 Å². The van der Waals surface area contributed by atoms with Gasteiger partial charge in [-0.25, -0.2) is 0 Å². The van der Waals surface area contributed by atoms with Gasteiger partial charge in [0.2, 0.25) is 5.91 Å². The van der Waals surface area contributed by atoms with Crippen LogP contribution in [0.2, 0.25) is 0 Å². The van der Waals surface area contributed by atoms with Gasteiger partial charge in [-0.05, 0) is 44.6 Å². The summed E-state index contributed by atoms with van der Waals surface area (Å²) in [6, 6.07) is 1.03. The molecule has 0 radical (unpaired) electrons. The highest BCUT2D eigenvalue weighted by Gasteiger charge is 2.37. The van der Waals surface area contributed by atoms with Crippen molar-refractivity contribution >= 4 is 5.91 Å². The van der Waals surface area contributed by atoms with Crippen molar-refractivity contribution in [3.8, 4) is 0 Å². The van der Waals surface area contributed by atoms with Gasteiger partial charge < -0.3 is 10.2 Å². The zero-order chi connectivity index (χ0) is 13.8. The molecule has 1 N–H and O–H groups in total. The molecule has 2 heterocycles. The summed E-state index contributed by atoms with van der Waals surface area (Å²) in [5, 5.41) is 3.48. The van der Waals surface area contributed by atoms with Crippen LogP contribution in [0.25, 0.3) is 0 Å². The average molecular weight is 278 g/mol. The van der Waals surface area contributed by atoms with Crippen molar-refractivity contribution in [2.45, 2.75) is 82.7 Å². The lowest BCUT2D eigenvalue weighted by molar-refractivity contribution is -0.133. The van der Waals surface area contributed by atoms with E-state index in [1.807, 2.05) is 0 Å². The van der Waals surface area contributed by atoms with Gasteiger partial charge in [0.15, 0.2) is 0 Å². The minimum absolute atomic E-state index is 0.442. The standard InChI is InChI=1S/C17H30N2O/c20-17(8-4-7-14-5-2-1-3-6-14)19-15-9-10-16(19)13-18-12-11-15/h14-16,18H,1-13H2. The first-order valence-corrected chi connectivity index (χ1v) is 8.86. The summed E-state index contributed by atoms with van der Waals surface area (Å²) in [6.07, 6.45) is 13.9. The van der Waals surface area contributed by atoms with E-state index in [-0.39, 0.29) is 0 Å². The quantitative estimate of drug-likeness (QED) is 0.857. The number of hydrogen-bond donors (Lipinski definition) is 1. The Labute approximate surface area is 123 Å². The van der Waals surface area contributed by atoms with Crippen LogP contribution in [-0.4, -0.2) is 36.0 Å². The Kier molecular flexibility index (Phi) is 4.98. The van der Waals surface area contributed by atoms with E-state index in [4.69, 9.17) is 0 Å². The van der Waals surface area contributed by atoms with E-state index in [1.54, 1.807) is 0 Å². The number of amides is 1. The molecular formula is C17H30N2O. The molecule has 1 saturated carbocycles. The van der Waals surface area contributed by atoms with Crippen molar-refractivity contribution in [3.05, 3.63) is 0 Å². The summed E-state index contributed by atoms with van der Waals surface area (Å²) < 4.78 is 0. The summed E-state index contributed by atoms with van der Waals surface area (Å²) in [7, 11) is 0. The second-order valence-electron chi connectivity index (χ2n) is 7.08. The van der Waals surface area contributed by atoms with Crippen LogP contribution in [0.1, 0.15) is 70.6 Å². The molecule has 0 aromatic rings. The molecule has 1 amide bonds. The Morgan fingerprint density at radius 2 is 1.80 bits per heavy atom. The SMILES string of the molecule is O=C(CCCC1CCCCC1)N1C2CCNCC1CC2. The van der Waals surface area contributed by atoms with E-state index in [0.29, 0.717) is 18.0 Å². The maximum Gasteiger partial charge on any atom is 0.223 e. The maximum absolute atomic E-state index is 12.6. The van der Waals surface area contributed by atoms with Gasteiger partial charge in [-0.2, -0.15) is 0 Å². The molecule has 0 spiro atoms. The highest BCUT2D eigenvalue weighted by molar-refractivity contribution is 5.77. The first-order valence-electron chi connectivity index (χ1n) is 8.86. The van der Waals surface area contributed by atoms with Crippen molar-refractivity contribution < 1.29 is 4.79 Å². The number of carbonyl (C=O) groups is 1. The van der Waals surface area contributed by atoms with Crippen molar-refractivity contribution in [2.24, 2.45) is 5.92 Å². The molecule has 2 aliphatic heterocycles. The van der Waals surface area contributed by atoms with Crippen molar-refractivity contribution in [2.75, 3.05) is 13.1 Å². The van der Waals surface area contributed by atoms with E-state index < -0.39 is 0 Å². The van der Waals surface area contributed by atoms with Crippen LogP contribution in [0.4, 0.5) is 0 Å². The summed E-state index contributed by atoms with van der Waals surface area (Å²) in [5.74, 6) is 1.36. The number of carbonyl (C=O) groups excluding carboxylic acids is 1. The second kappa shape index (κ2) is 6.93. The van der Waals surface area contributed by atoms with E-state index in [9.17, 15) is 4.79 Å². The van der Waals surface area contributed by atoms with Gasteiger partial charge >= 0.3 is 0 Å². The molecule has 3 heteroatoms.